The summed E-state index contributed by atoms with van der Waals surface area (Å²) in [6.45, 7) is 0. The Balaban J connectivity index is 3.09. The minimum Gasteiger partial charge on any atom is -0.354 e. The molecule has 5 heteroatoms. The zero-order valence-electron chi connectivity index (χ0n) is 6.27. The van der Waals surface area contributed by atoms with Gasteiger partial charge in [-0.1, -0.05) is 0 Å². The van der Waals surface area contributed by atoms with E-state index in [0.717, 1.165) is 6.20 Å². The lowest BCUT2D eigenvalue weighted by atomic mass is 10.3. The van der Waals surface area contributed by atoms with Gasteiger partial charge in [0.2, 0.25) is 0 Å². The topological polar surface area (TPSA) is 42.0 Å². The molecular weight excluding hydrogens is 227 g/mol. The molecule has 0 saturated heterocycles. The van der Waals surface area contributed by atoms with Crippen molar-refractivity contribution in [2.24, 2.45) is 0 Å². The molecule has 0 atom stereocenters. The second-order valence-electron chi connectivity index (χ2n) is 2.06. The highest BCUT2D eigenvalue weighted by Crippen LogP contribution is 2.14. The molecule has 0 aliphatic rings. The summed E-state index contributed by atoms with van der Waals surface area (Å²) in [6.07, 6.45) is 0.995. The zero-order chi connectivity index (χ0) is 9.14. The Labute approximate surface area is 77.1 Å². The number of hydrogen-bond donors (Lipinski definition) is 1. The van der Waals surface area contributed by atoms with E-state index in [1.807, 2.05) is 0 Å². The lowest BCUT2D eigenvalue weighted by Crippen LogP contribution is -2.19. The normalized spacial score (nSPS) is 9.58. The summed E-state index contributed by atoms with van der Waals surface area (Å²) in [7, 11) is 1.49. The van der Waals surface area contributed by atoms with Crippen LogP contribution in [0.25, 0.3) is 0 Å². The number of carbonyl (C=O) groups is 1. The van der Waals surface area contributed by atoms with Gasteiger partial charge in [-0.05, 0) is 22.0 Å². The summed E-state index contributed by atoms with van der Waals surface area (Å²) in [5.74, 6) is -0.823. The Morgan fingerprint density at radius 3 is 2.92 bits per heavy atom. The molecule has 1 aromatic rings. The Morgan fingerprint density at radius 2 is 2.42 bits per heavy atom. The maximum absolute atomic E-state index is 12.5. The van der Waals surface area contributed by atoms with Crippen LogP contribution in [0.1, 0.15) is 10.5 Å². The predicted molar refractivity (Wildman–Crippen MR) is 45.3 cm³/mol. The van der Waals surface area contributed by atoms with E-state index in [1.165, 1.54) is 13.1 Å². The first kappa shape index (κ1) is 9.12. The fourth-order valence-corrected chi connectivity index (χ4v) is 1.20. The molecule has 0 fully saturated rings. The summed E-state index contributed by atoms with van der Waals surface area (Å²) in [4.78, 5) is 14.6. The van der Waals surface area contributed by atoms with Gasteiger partial charge in [0.1, 0.15) is 11.5 Å². The fraction of sp³-hybridized carbons (Fsp3) is 0.143. The molecule has 3 nitrogen and oxygen atoms in total. The van der Waals surface area contributed by atoms with Crippen molar-refractivity contribution in [2.45, 2.75) is 0 Å². The molecule has 1 aromatic heterocycles. The van der Waals surface area contributed by atoms with Gasteiger partial charge in [-0.2, -0.15) is 0 Å². The van der Waals surface area contributed by atoms with Gasteiger partial charge in [0.15, 0.2) is 0 Å². The minimum atomic E-state index is -0.477. The van der Waals surface area contributed by atoms with Crippen LogP contribution in [-0.2, 0) is 0 Å². The van der Waals surface area contributed by atoms with Crippen molar-refractivity contribution in [1.82, 2.24) is 10.3 Å². The third-order valence-electron chi connectivity index (χ3n) is 1.25. The van der Waals surface area contributed by atoms with Gasteiger partial charge >= 0.3 is 0 Å². The number of pyridine rings is 1. The summed E-state index contributed by atoms with van der Waals surface area (Å²) in [5, 5.41) is 2.39. The van der Waals surface area contributed by atoms with Crippen LogP contribution in [0.2, 0.25) is 0 Å². The number of aromatic nitrogens is 1. The first-order chi connectivity index (χ1) is 5.65. The van der Waals surface area contributed by atoms with Crippen molar-refractivity contribution >= 4 is 21.8 Å². The lowest BCUT2D eigenvalue weighted by molar-refractivity contribution is 0.0957. The maximum Gasteiger partial charge on any atom is 0.270 e. The number of halogens is 2. The van der Waals surface area contributed by atoms with Gasteiger partial charge in [0.05, 0.1) is 10.7 Å². The van der Waals surface area contributed by atoms with Crippen molar-refractivity contribution in [3.8, 4) is 0 Å². The molecule has 64 valence electrons. The Kier molecular flexibility index (Phi) is 2.75. The second-order valence-corrected chi connectivity index (χ2v) is 2.92. The lowest BCUT2D eigenvalue weighted by Gasteiger charge is -2.00. The first-order valence-electron chi connectivity index (χ1n) is 3.18. The molecule has 0 aliphatic heterocycles. The van der Waals surface area contributed by atoms with Crippen molar-refractivity contribution in [3.63, 3.8) is 0 Å². The molecule has 0 radical (unpaired) electrons. The summed E-state index contributed by atoms with van der Waals surface area (Å²) >= 11 is 3.03. The molecule has 0 bridgehead atoms. The number of rotatable bonds is 1. The smallest absolute Gasteiger partial charge is 0.270 e. The number of nitrogens with one attached hydrogen (secondary N) is 1. The Hall–Kier alpha value is -0.970. The van der Waals surface area contributed by atoms with Gasteiger partial charge in [-0.3, -0.25) is 4.79 Å². The van der Waals surface area contributed by atoms with Crippen molar-refractivity contribution in [3.05, 3.63) is 28.2 Å². The molecule has 0 unspecified atom stereocenters. The van der Waals surface area contributed by atoms with Crippen LogP contribution in [0.3, 0.4) is 0 Å². The molecule has 0 aliphatic carbocycles. The summed E-state index contributed by atoms with van der Waals surface area (Å²) in [6, 6.07) is 1.19. The standard InChI is InChI=1S/C7H6BrFN2O/c1-10-7(12)6-5(8)2-4(9)3-11-6/h2-3H,1H3,(H,10,12). The van der Waals surface area contributed by atoms with Gasteiger partial charge < -0.3 is 5.32 Å². The van der Waals surface area contributed by atoms with Gasteiger partial charge in [0.25, 0.3) is 5.91 Å². The van der Waals surface area contributed by atoms with Crippen LogP contribution in [0.15, 0.2) is 16.7 Å². The van der Waals surface area contributed by atoms with Crippen LogP contribution in [0, 0.1) is 5.82 Å². The average Bonchev–Trinajstić information content (AvgIpc) is 2.03. The van der Waals surface area contributed by atoms with Crippen molar-refractivity contribution in [2.75, 3.05) is 7.05 Å². The van der Waals surface area contributed by atoms with Crippen LogP contribution in [0.4, 0.5) is 4.39 Å². The quantitative estimate of drug-likeness (QED) is 0.795. The Morgan fingerprint density at radius 1 is 1.75 bits per heavy atom. The van der Waals surface area contributed by atoms with Crippen LogP contribution < -0.4 is 5.32 Å². The summed E-state index contributed by atoms with van der Waals surface area (Å²) < 4.78 is 12.8. The van der Waals surface area contributed by atoms with E-state index in [-0.39, 0.29) is 11.6 Å². The number of hydrogen-bond acceptors (Lipinski definition) is 2. The number of carbonyl (C=O) groups excluding carboxylic acids is 1. The molecule has 12 heavy (non-hydrogen) atoms. The van der Waals surface area contributed by atoms with E-state index >= 15 is 0 Å². The number of amides is 1. The van der Waals surface area contributed by atoms with Gasteiger partial charge in [-0.15, -0.1) is 0 Å². The van der Waals surface area contributed by atoms with E-state index in [1.54, 1.807) is 0 Å². The molecule has 0 spiro atoms. The predicted octanol–water partition coefficient (Wildman–Crippen LogP) is 1.34. The van der Waals surface area contributed by atoms with Crippen molar-refractivity contribution in [1.29, 1.82) is 0 Å². The molecule has 0 aromatic carbocycles. The van der Waals surface area contributed by atoms with Crippen LogP contribution >= 0.6 is 15.9 Å². The highest BCUT2D eigenvalue weighted by molar-refractivity contribution is 9.10. The van der Waals surface area contributed by atoms with E-state index in [0.29, 0.717) is 4.47 Å². The summed E-state index contributed by atoms with van der Waals surface area (Å²) in [5.41, 5.74) is 0.180. The van der Waals surface area contributed by atoms with E-state index in [9.17, 15) is 9.18 Å². The van der Waals surface area contributed by atoms with Gasteiger partial charge in [0, 0.05) is 7.05 Å². The Bertz CT molecular complexity index is 316. The minimum absolute atomic E-state index is 0.180. The second kappa shape index (κ2) is 3.62. The monoisotopic (exact) mass is 232 g/mol. The van der Waals surface area contributed by atoms with E-state index < -0.39 is 5.82 Å². The largest absolute Gasteiger partial charge is 0.354 e. The highest BCUT2D eigenvalue weighted by atomic mass is 79.9. The zero-order valence-corrected chi connectivity index (χ0v) is 7.85. The third kappa shape index (κ3) is 1.79. The molecule has 1 N–H and O–H groups in total. The maximum atomic E-state index is 12.5. The molecular formula is C7H6BrFN2O. The fourth-order valence-electron chi connectivity index (χ4n) is 0.700. The highest BCUT2D eigenvalue weighted by Gasteiger charge is 2.09. The number of nitrogens with zero attached hydrogens (tertiary/aromatic N) is 1. The molecule has 1 amide bonds. The van der Waals surface area contributed by atoms with Crippen LogP contribution in [0.5, 0.6) is 0 Å². The first-order valence-corrected chi connectivity index (χ1v) is 3.97. The van der Waals surface area contributed by atoms with E-state index in [4.69, 9.17) is 0 Å². The molecule has 1 heterocycles. The van der Waals surface area contributed by atoms with Crippen molar-refractivity contribution < 1.29 is 9.18 Å². The van der Waals surface area contributed by atoms with Gasteiger partial charge in [-0.25, -0.2) is 9.37 Å². The SMILES string of the molecule is CNC(=O)c1ncc(F)cc1Br. The average molecular weight is 233 g/mol. The van der Waals surface area contributed by atoms with Crippen LogP contribution in [-0.4, -0.2) is 17.9 Å². The molecule has 1 rings (SSSR count). The third-order valence-corrected chi connectivity index (χ3v) is 1.85. The molecule has 0 saturated carbocycles. The van der Waals surface area contributed by atoms with E-state index in [2.05, 4.69) is 26.2 Å².